The van der Waals surface area contributed by atoms with E-state index < -0.39 is 0 Å². The molecule has 4 heteroatoms. The predicted molar refractivity (Wildman–Crippen MR) is 81.3 cm³/mol. The number of rotatable bonds is 3. The van der Waals surface area contributed by atoms with Crippen molar-refractivity contribution in [2.24, 2.45) is 5.73 Å². The summed E-state index contributed by atoms with van der Waals surface area (Å²) in [7, 11) is 0. The molecule has 0 saturated heterocycles. The molecule has 0 aliphatic heterocycles. The number of fused-ring (bicyclic) bond motifs is 1. The van der Waals surface area contributed by atoms with Crippen LogP contribution in [0.15, 0.2) is 30.5 Å². The van der Waals surface area contributed by atoms with E-state index in [9.17, 15) is 0 Å². The molecule has 4 nitrogen and oxygen atoms in total. The van der Waals surface area contributed by atoms with Crippen molar-refractivity contribution in [1.29, 1.82) is 0 Å². The highest BCUT2D eigenvalue weighted by atomic mass is 15.0. The highest BCUT2D eigenvalue weighted by Crippen LogP contribution is 2.26. The zero-order valence-electron chi connectivity index (χ0n) is 11.8. The second-order valence-electron chi connectivity index (χ2n) is 4.90. The van der Waals surface area contributed by atoms with E-state index in [1.165, 1.54) is 5.56 Å². The lowest BCUT2D eigenvalue weighted by atomic mass is 10.1. The number of benzene rings is 1. The van der Waals surface area contributed by atoms with Crippen molar-refractivity contribution in [3.63, 3.8) is 0 Å². The lowest BCUT2D eigenvalue weighted by Gasteiger charge is -2.08. The van der Waals surface area contributed by atoms with Crippen LogP contribution in [-0.4, -0.2) is 15.0 Å². The van der Waals surface area contributed by atoms with Crippen molar-refractivity contribution in [3.8, 4) is 11.4 Å². The van der Waals surface area contributed by atoms with Crippen LogP contribution in [0, 0.1) is 6.92 Å². The Morgan fingerprint density at radius 1 is 1.20 bits per heavy atom. The van der Waals surface area contributed by atoms with Crippen LogP contribution in [0.2, 0.25) is 0 Å². The Hall–Kier alpha value is -2.20. The highest BCUT2D eigenvalue weighted by molar-refractivity contribution is 5.84. The van der Waals surface area contributed by atoms with Gasteiger partial charge < -0.3 is 10.7 Å². The topological polar surface area (TPSA) is 67.6 Å². The van der Waals surface area contributed by atoms with Crippen LogP contribution in [0.4, 0.5) is 0 Å². The molecule has 0 saturated carbocycles. The van der Waals surface area contributed by atoms with E-state index in [-0.39, 0.29) is 0 Å². The van der Waals surface area contributed by atoms with Gasteiger partial charge in [-0.1, -0.05) is 31.2 Å². The molecule has 0 spiro atoms. The third-order valence-corrected chi connectivity index (χ3v) is 3.63. The van der Waals surface area contributed by atoms with Gasteiger partial charge in [-0.15, -0.1) is 0 Å². The number of nitrogens with zero attached hydrogens (tertiary/aromatic N) is 2. The number of hydrogen-bond donors (Lipinski definition) is 2. The van der Waals surface area contributed by atoms with Crippen molar-refractivity contribution in [3.05, 3.63) is 47.3 Å². The van der Waals surface area contributed by atoms with Gasteiger partial charge in [-0.3, -0.25) is 0 Å². The molecule has 3 N–H and O–H groups in total. The smallest absolute Gasteiger partial charge is 0.162 e. The van der Waals surface area contributed by atoms with Crippen LogP contribution in [0.1, 0.15) is 23.7 Å². The Morgan fingerprint density at radius 2 is 2.00 bits per heavy atom. The summed E-state index contributed by atoms with van der Waals surface area (Å²) in [5, 5.41) is 1.08. The van der Waals surface area contributed by atoms with Crippen molar-refractivity contribution in [1.82, 2.24) is 15.0 Å². The summed E-state index contributed by atoms with van der Waals surface area (Å²) in [6, 6.07) is 8.18. The van der Waals surface area contributed by atoms with Gasteiger partial charge >= 0.3 is 0 Å². The quantitative estimate of drug-likeness (QED) is 0.766. The zero-order chi connectivity index (χ0) is 14.1. The molecular weight excluding hydrogens is 248 g/mol. The number of nitrogens with one attached hydrogen (secondary N) is 1. The third-order valence-electron chi connectivity index (χ3n) is 3.63. The van der Waals surface area contributed by atoms with Gasteiger partial charge in [0.1, 0.15) is 5.65 Å². The first kappa shape index (κ1) is 12.8. The van der Waals surface area contributed by atoms with Crippen LogP contribution >= 0.6 is 0 Å². The van der Waals surface area contributed by atoms with Crippen LogP contribution in [0.5, 0.6) is 0 Å². The summed E-state index contributed by atoms with van der Waals surface area (Å²) in [4.78, 5) is 12.6. The summed E-state index contributed by atoms with van der Waals surface area (Å²) < 4.78 is 0. The van der Waals surface area contributed by atoms with Crippen molar-refractivity contribution < 1.29 is 0 Å². The van der Waals surface area contributed by atoms with E-state index in [2.05, 4.69) is 35.9 Å². The average Bonchev–Trinajstić information content (AvgIpc) is 2.89. The Labute approximate surface area is 118 Å². The minimum absolute atomic E-state index is 0.500. The molecule has 0 bridgehead atoms. The summed E-state index contributed by atoms with van der Waals surface area (Å²) in [6.45, 7) is 4.69. The van der Waals surface area contributed by atoms with E-state index >= 15 is 0 Å². The Morgan fingerprint density at radius 3 is 2.70 bits per heavy atom. The normalized spacial score (nSPS) is 11.2. The zero-order valence-corrected chi connectivity index (χ0v) is 11.8. The van der Waals surface area contributed by atoms with Crippen LogP contribution in [0.3, 0.4) is 0 Å². The van der Waals surface area contributed by atoms with Gasteiger partial charge in [-0.05, 0) is 24.5 Å². The lowest BCUT2D eigenvalue weighted by molar-refractivity contribution is 1.02. The van der Waals surface area contributed by atoms with Crippen molar-refractivity contribution in [2.75, 3.05) is 0 Å². The molecule has 1 aromatic carbocycles. The van der Waals surface area contributed by atoms with Crippen molar-refractivity contribution in [2.45, 2.75) is 26.8 Å². The van der Waals surface area contributed by atoms with Gasteiger partial charge in [-0.2, -0.15) is 0 Å². The van der Waals surface area contributed by atoms with Gasteiger partial charge in [0, 0.05) is 23.7 Å². The predicted octanol–water partition coefficient (Wildman–Crippen LogP) is 2.95. The Bertz CT molecular complexity index is 758. The molecule has 0 aliphatic carbocycles. The number of aryl methyl sites for hydroxylation is 2. The molecule has 0 aliphatic rings. The summed E-state index contributed by atoms with van der Waals surface area (Å²) in [5.41, 5.74) is 11.0. The van der Waals surface area contributed by atoms with E-state index in [0.717, 1.165) is 40.1 Å². The SMILES string of the molecule is CCc1nc(-c2ccccc2C)nc2[nH]cc(CN)c12. The van der Waals surface area contributed by atoms with Gasteiger partial charge in [0.15, 0.2) is 5.82 Å². The molecular formula is C16H18N4. The molecule has 3 rings (SSSR count). The molecule has 0 atom stereocenters. The van der Waals surface area contributed by atoms with Gasteiger partial charge in [-0.25, -0.2) is 9.97 Å². The second kappa shape index (κ2) is 5.06. The van der Waals surface area contributed by atoms with Gasteiger partial charge in [0.05, 0.1) is 5.69 Å². The molecule has 0 unspecified atom stereocenters. The highest BCUT2D eigenvalue weighted by Gasteiger charge is 2.13. The van der Waals surface area contributed by atoms with Gasteiger partial charge in [0.2, 0.25) is 0 Å². The van der Waals surface area contributed by atoms with E-state index in [1.807, 2.05) is 18.3 Å². The van der Waals surface area contributed by atoms with Crippen LogP contribution < -0.4 is 5.73 Å². The average molecular weight is 266 g/mol. The van der Waals surface area contributed by atoms with Crippen molar-refractivity contribution >= 4 is 11.0 Å². The molecule has 0 radical (unpaired) electrons. The number of H-pyrrole nitrogens is 1. The molecule has 2 aromatic heterocycles. The maximum absolute atomic E-state index is 5.78. The molecule has 3 aromatic rings. The molecule has 0 amide bonds. The van der Waals surface area contributed by atoms with E-state index in [4.69, 9.17) is 10.7 Å². The summed E-state index contributed by atoms with van der Waals surface area (Å²) in [5.74, 6) is 0.776. The largest absolute Gasteiger partial charge is 0.346 e. The number of hydrogen-bond acceptors (Lipinski definition) is 3. The van der Waals surface area contributed by atoms with Crippen LogP contribution in [0.25, 0.3) is 22.4 Å². The lowest BCUT2D eigenvalue weighted by Crippen LogP contribution is -2.00. The Balaban J connectivity index is 2.27. The molecule has 102 valence electrons. The molecule has 2 heterocycles. The Kier molecular flexibility index (Phi) is 3.24. The van der Waals surface area contributed by atoms with E-state index in [1.54, 1.807) is 0 Å². The standard InChI is InChI=1S/C16H18N4/c1-3-13-14-11(8-17)9-18-16(14)20-15(19-13)12-7-5-4-6-10(12)2/h4-7,9H,3,8,17H2,1-2H3,(H,18,19,20). The maximum atomic E-state index is 5.78. The fourth-order valence-corrected chi connectivity index (χ4v) is 2.54. The monoisotopic (exact) mass is 266 g/mol. The first-order valence-electron chi connectivity index (χ1n) is 6.87. The number of aromatic amines is 1. The maximum Gasteiger partial charge on any atom is 0.162 e. The first-order chi connectivity index (χ1) is 9.74. The van der Waals surface area contributed by atoms with Gasteiger partial charge in [0.25, 0.3) is 0 Å². The minimum atomic E-state index is 0.500. The fraction of sp³-hybridized carbons (Fsp3) is 0.250. The second-order valence-corrected chi connectivity index (χ2v) is 4.90. The minimum Gasteiger partial charge on any atom is -0.346 e. The summed E-state index contributed by atoms with van der Waals surface area (Å²) >= 11 is 0. The number of aromatic nitrogens is 3. The third kappa shape index (κ3) is 1.98. The molecule has 20 heavy (non-hydrogen) atoms. The molecule has 0 fully saturated rings. The fourth-order valence-electron chi connectivity index (χ4n) is 2.54. The first-order valence-corrected chi connectivity index (χ1v) is 6.87. The summed E-state index contributed by atoms with van der Waals surface area (Å²) in [6.07, 6.45) is 2.79. The van der Waals surface area contributed by atoms with Crippen LogP contribution in [-0.2, 0) is 13.0 Å². The van der Waals surface area contributed by atoms with E-state index in [0.29, 0.717) is 6.54 Å². The number of nitrogens with two attached hydrogens (primary N) is 1.